The van der Waals surface area contributed by atoms with Gasteiger partial charge in [-0.2, -0.15) is 0 Å². The molecule has 0 fully saturated rings. The molecule has 0 spiro atoms. The smallest absolute Gasteiger partial charge is 0.129 e. The van der Waals surface area contributed by atoms with Crippen molar-refractivity contribution in [2.75, 3.05) is 13.1 Å². The SMILES string of the molecule is CCCN(CCCCC(C)C)Cc1c(F)cccc1Cl. The Hall–Kier alpha value is -0.600. The molecule has 0 saturated carbocycles. The molecule has 0 aliphatic heterocycles. The van der Waals surface area contributed by atoms with Gasteiger partial charge in [0.15, 0.2) is 0 Å². The summed E-state index contributed by atoms with van der Waals surface area (Å²) in [7, 11) is 0. The summed E-state index contributed by atoms with van der Waals surface area (Å²) in [6, 6.07) is 4.92. The molecule has 0 heterocycles. The fourth-order valence-electron chi connectivity index (χ4n) is 2.38. The van der Waals surface area contributed by atoms with Crippen LogP contribution in [0.4, 0.5) is 4.39 Å². The Labute approximate surface area is 128 Å². The van der Waals surface area contributed by atoms with Crippen molar-refractivity contribution in [3.8, 4) is 0 Å². The van der Waals surface area contributed by atoms with Crippen LogP contribution >= 0.6 is 11.6 Å². The van der Waals surface area contributed by atoms with Crippen molar-refractivity contribution in [3.05, 3.63) is 34.6 Å². The molecule has 1 aromatic carbocycles. The molecule has 0 aliphatic rings. The molecular formula is C17H27ClFN. The molecule has 1 aromatic rings. The van der Waals surface area contributed by atoms with Gasteiger partial charge in [0, 0.05) is 17.1 Å². The Kier molecular flexibility index (Phi) is 8.16. The topological polar surface area (TPSA) is 3.24 Å². The number of halogens is 2. The fraction of sp³-hybridized carbons (Fsp3) is 0.647. The lowest BCUT2D eigenvalue weighted by Gasteiger charge is -2.22. The van der Waals surface area contributed by atoms with Crippen molar-refractivity contribution in [1.82, 2.24) is 4.90 Å². The number of hydrogen-bond acceptors (Lipinski definition) is 1. The van der Waals surface area contributed by atoms with Gasteiger partial charge in [0.25, 0.3) is 0 Å². The molecule has 0 radical (unpaired) electrons. The molecule has 20 heavy (non-hydrogen) atoms. The molecule has 1 rings (SSSR count). The second kappa shape index (κ2) is 9.36. The van der Waals surface area contributed by atoms with E-state index in [1.54, 1.807) is 12.1 Å². The van der Waals surface area contributed by atoms with Gasteiger partial charge in [-0.1, -0.05) is 51.3 Å². The molecule has 0 aliphatic carbocycles. The number of benzene rings is 1. The first-order chi connectivity index (χ1) is 9.54. The summed E-state index contributed by atoms with van der Waals surface area (Å²) in [5.74, 6) is 0.566. The maximum Gasteiger partial charge on any atom is 0.129 e. The van der Waals surface area contributed by atoms with Crippen LogP contribution in [0.5, 0.6) is 0 Å². The minimum absolute atomic E-state index is 0.194. The summed E-state index contributed by atoms with van der Waals surface area (Å²) in [5, 5.41) is 0.535. The number of rotatable bonds is 9. The first kappa shape index (κ1) is 17.5. The van der Waals surface area contributed by atoms with Crippen LogP contribution in [0.15, 0.2) is 18.2 Å². The Morgan fingerprint density at radius 3 is 2.55 bits per heavy atom. The number of hydrogen-bond donors (Lipinski definition) is 0. The van der Waals surface area contributed by atoms with Gasteiger partial charge in [-0.15, -0.1) is 0 Å². The summed E-state index contributed by atoms with van der Waals surface area (Å²) in [5.41, 5.74) is 0.631. The fourth-order valence-corrected chi connectivity index (χ4v) is 2.60. The van der Waals surface area contributed by atoms with Crippen LogP contribution in [0.25, 0.3) is 0 Å². The third-order valence-electron chi connectivity index (χ3n) is 3.49. The van der Waals surface area contributed by atoms with E-state index in [2.05, 4.69) is 25.7 Å². The van der Waals surface area contributed by atoms with Gasteiger partial charge in [0.05, 0.1) is 0 Å². The molecular weight excluding hydrogens is 273 g/mol. The lowest BCUT2D eigenvalue weighted by atomic mass is 10.1. The highest BCUT2D eigenvalue weighted by Crippen LogP contribution is 2.21. The van der Waals surface area contributed by atoms with Crippen molar-refractivity contribution in [3.63, 3.8) is 0 Å². The minimum atomic E-state index is -0.194. The summed E-state index contributed by atoms with van der Waals surface area (Å²) >= 11 is 6.11. The highest BCUT2D eigenvalue weighted by atomic mass is 35.5. The van der Waals surface area contributed by atoms with Crippen molar-refractivity contribution in [1.29, 1.82) is 0 Å². The maximum absolute atomic E-state index is 13.8. The quantitative estimate of drug-likeness (QED) is 0.543. The highest BCUT2D eigenvalue weighted by Gasteiger charge is 2.12. The van der Waals surface area contributed by atoms with Crippen molar-refractivity contribution < 1.29 is 4.39 Å². The van der Waals surface area contributed by atoms with E-state index in [4.69, 9.17) is 11.6 Å². The molecule has 3 heteroatoms. The first-order valence-corrected chi connectivity index (χ1v) is 8.07. The van der Waals surface area contributed by atoms with Gasteiger partial charge in [0.2, 0.25) is 0 Å². The molecule has 0 bridgehead atoms. The summed E-state index contributed by atoms with van der Waals surface area (Å²) < 4.78 is 13.8. The van der Waals surface area contributed by atoms with Gasteiger partial charge < -0.3 is 0 Å². The Morgan fingerprint density at radius 1 is 1.20 bits per heavy atom. The van der Waals surface area contributed by atoms with Crippen LogP contribution in [-0.4, -0.2) is 18.0 Å². The zero-order chi connectivity index (χ0) is 15.0. The van der Waals surface area contributed by atoms with Crippen LogP contribution < -0.4 is 0 Å². The van der Waals surface area contributed by atoms with Crippen LogP contribution in [0.3, 0.4) is 0 Å². The van der Waals surface area contributed by atoms with Crippen LogP contribution in [0.2, 0.25) is 5.02 Å². The van der Waals surface area contributed by atoms with Crippen molar-refractivity contribution in [2.24, 2.45) is 5.92 Å². The number of unbranched alkanes of at least 4 members (excludes halogenated alkanes) is 1. The third-order valence-corrected chi connectivity index (χ3v) is 3.84. The lowest BCUT2D eigenvalue weighted by Crippen LogP contribution is -2.26. The van der Waals surface area contributed by atoms with Gasteiger partial charge in [-0.3, -0.25) is 4.90 Å². The molecule has 0 unspecified atom stereocenters. The zero-order valence-electron chi connectivity index (χ0n) is 13.0. The zero-order valence-corrected chi connectivity index (χ0v) is 13.7. The second-order valence-electron chi connectivity index (χ2n) is 5.87. The maximum atomic E-state index is 13.8. The average molecular weight is 300 g/mol. The molecule has 0 aromatic heterocycles. The van der Waals surface area contributed by atoms with Gasteiger partial charge in [-0.25, -0.2) is 4.39 Å². The molecule has 0 saturated heterocycles. The van der Waals surface area contributed by atoms with E-state index >= 15 is 0 Å². The van der Waals surface area contributed by atoms with Crippen molar-refractivity contribution in [2.45, 2.75) is 53.0 Å². The van der Waals surface area contributed by atoms with E-state index in [9.17, 15) is 4.39 Å². The molecule has 114 valence electrons. The largest absolute Gasteiger partial charge is 0.299 e. The average Bonchev–Trinajstić information content (AvgIpc) is 2.38. The molecule has 0 amide bonds. The predicted octanol–water partition coefficient (Wildman–Crippen LogP) is 5.52. The van der Waals surface area contributed by atoms with Crippen LogP contribution in [0.1, 0.15) is 52.0 Å². The second-order valence-corrected chi connectivity index (χ2v) is 6.27. The lowest BCUT2D eigenvalue weighted by molar-refractivity contribution is 0.254. The highest BCUT2D eigenvalue weighted by molar-refractivity contribution is 6.31. The molecule has 1 nitrogen and oxygen atoms in total. The van der Waals surface area contributed by atoms with E-state index < -0.39 is 0 Å². The third kappa shape index (κ3) is 6.23. The molecule has 0 atom stereocenters. The summed E-state index contributed by atoms with van der Waals surface area (Å²) in [6.07, 6.45) is 4.75. The van der Waals surface area contributed by atoms with Gasteiger partial charge in [0.1, 0.15) is 5.82 Å². The normalized spacial score (nSPS) is 11.6. The van der Waals surface area contributed by atoms with Crippen LogP contribution in [-0.2, 0) is 6.54 Å². The Morgan fingerprint density at radius 2 is 1.95 bits per heavy atom. The van der Waals surface area contributed by atoms with E-state index in [1.807, 2.05) is 0 Å². The standard InChI is InChI=1S/C17H27ClFN/c1-4-11-20(12-6-5-8-14(2)3)13-15-16(18)9-7-10-17(15)19/h7,9-10,14H,4-6,8,11-13H2,1-3H3. The van der Waals surface area contributed by atoms with E-state index in [1.165, 1.54) is 25.3 Å². The van der Waals surface area contributed by atoms with E-state index in [0.29, 0.717) is 17.1 Å². The number of nitrogens with zero attached hydrogens (tertiary/aromatic N) is 1. The van der Waals surface area contributed by atoms with Crippen LogP contribution in [0, 0.1) is 11.7 Å². The van der Waals surface area contributed by atoms with Gasteiger partial charge in [-0.05, 0) is 44.0 Å². The van der Waals surface area contributed by atoms with Gasteiger partial charge >= 0.3 is 0 Å². The Bertz CT molecular complexity index is 372. The minimum Gasteiger partial charge on any atom is -0.299 e. The first-order valence-electron chi connectivity index (χ1n) is 7.69. The summed E-state index contributed by atoms with van der Waals surface area (Å²) in [4.78, 5) is 2.31. The predicted molar refractivity (Wildman–Crippen MR) is 85.7 cm³/mol. The summed E-state index contributed by atoms with van der Waals surface area (Å²) in [6.45, 7) is 9.29. The van der Waals surface area contributed by atoms with Crippen molar-refractivity contribution >= 4 is 11.6 Å². The van der Waals surface area contributed by atoms with E-state index in [-0.39, 0.29) is 5.82 Å². The molecule has 0 N–H and O–H groups in total. The monoisotopic (exact) mass is 299 g/mol. The Balaban J connectivity index is 2.53. The van der Waals surface area contributed by atoms with E-state index in [0.717, 1.165) is 25.4 Å².